The van der Waals surface area contributed by atoms with Gasteiger partial charge in [0.15, 0.2) is 5.75 Å². The van der Waals surface area contributed by atoms with E-state index in [4.69, 9.17) is 4.74 Å². The molecule has 192 valence electrons. The normalized spacial score (nSPS) is 14.3. The van der Waals surface area contributed by atoms with Crippen molar-refractivity contribution in [3.8, 4) is 0 Å². The fourth-order valence-electron chi connectivity index (χ4n) is 3.49. The summed E-state index contributed by atoms with van der Waals surface area (Å²) in [5.41, 5.74) is 1.52. The van der Waals surface area contributed by atoms with Crippen molar-refractivity contribution in [2.75, 3.05) is 35.1 Å². The number of halogens is 3. The average molecular weight is 535 g/mol. The molecule has 1 aliphatic heterocycles. The molecule has 2 heterocycles. The van der Waals surface area contributed by atoms with Gasteiger partial charge < -0.3 is 9.64 Å². The van der Waals surface area contributed by atoms with Crippen LogP contribution < -0.4 is 9.62 Å². The van der Waals surface area contributed by atoms with E-state index in [1.165, 1.54) is 6.07 Å². The van der Waals surface area contributed by atoms with E-state index >= 15 is 0 Å². The van der Waals surface area contributed by atoms with E-state index in [2.05, 4.69) is 25.3 Å². The van der Waals surface area contributed by atoms with Crippen LogP contribution in [0.15, 0.2) is 22.4 Å². The number of rotatable bonds is 10. The lowest BCUT2D eigenvalue weighted by Crippen LogP contribution is -2.31. The number of esters is 1. The monoisotopic (exact) mass is 534 g/mol. The Bertz CT molecular complexity index is 1180. The molecule has 2 aromatic rings. The summed E-state index contributed by atoms with van der Waals surface area (Å²) in [5.74, 6) is -2.71. The third-order valence-electron chi connectivity index (χ3n) is 4.92. The quantitative estimate of drug-likeness (QED) is 0.336. The lowest BCUT2D eigenvalue weighted by atomic mass is 10.00. The summed E-state index contributed by atoms with van der Waals surface area (Å²) in [6, 6.07) is 3.10. The van der Waals surface area contributed by atoms with Crippen LogP contribution in [0.2, 0.25) is 0 Å². The fraction of sp³-hybridized carbons (Fsp3) is 0.550. The fourth-order valence-corrected chi connectivity index (χ4v) is 5.05. The van der Waals surface area contributed by atoms with Gasteiger partial charge in [-0.05, 0) is 43.9 Å². The largest absolute Gasteiger partial charge is 0.461 e. The summed E-state index contributed by atoms with van der Waals surface area (Å²) in [7, 11) is -4.75. The highest BCUT2D eigenvalue weighted by Crippen LogP contribution is 2.38. The van der Waals surface area contributed by atoms with Crippen LogP contribution in [-0.2, 0) is 21.2 Å². The minimum Gasteiger partial charge on any atom is -0.461 e. The summed E-state index contributed by atoms with van der Waals surface area (Å²) in [5, 5.41) is 15.3. The first-order valence-corrected chi connectivity index (χ1v) is 13.4. The highest BCUT2D eigenvalue weighted by molar-refractivity contribution is 7.92. The van der Waals surface area contributed by atoms with Crippen LogP contribution in [0.3, 0.4) is 0 Å². The topological polar surface area (TPSA) is 126 Å². The van der Waals surface area contributed by atoms with Crippen LogP contribution in [0.1, 0.15) is 48.5 Å². The molecule has 1 aliphatic rings. The van der Waals surface area contributed by atoms with Gasteiger partial charge in [-0.3, -0.25) is 4.72 Å². The van der Waals surface area contributed by atoms with Gasteiger partial charge >= 0.3 is 12.1 Å². The zero-order chi connectivity index (χ0) is 25.6. The molecule has 35 heavy (non-hydrogen) atoms. The van der Waals surface area contributed by atoms with E-state index < -0.39 is 27.9 Å². The number of sulfonamides is 1. The molecule has 0 bridgehead atoms. The third kappa shape index (κ3) is 7.59. The zero-order valence-electron chi connectivity index (χ0n) is 19.1. The SMILES string of the molecule is CCCCN1CCCc2cc(N=Nc3nnc(C(=O)OCC)s3)c(NS(=O)(=O)CC(F)(F)F)cc21. The van der Waals surface area contributed by atoms with Gasteiger partial charge in [0.05, 0.1) is 12.3 Å². The smallest absolute Gasteiger partial charge is 0.404 e. The second-order valence-corrected chi connectivity index (χ2v) is 10.4. The Morgan fingerprint density at radius 1 is 1.26 bits per heavy atom. The van der Waals surface area contributed by atoms with Gasteiger partial charge in [-0.25, -0.2) is 13.2 Å². The maximum absolute atomic E-state index is 12.8. The second kappa shape index (κ2) is 11.3. The number of aryl methyl sites for hydroxylation is 1. The number of azo groups is 1. The minimum atomic E-state index is -4.91. The molecular formula is C20H25F3N6O4S2. The first-order chi connectivity index (χ1) is 16.5. The number of hydrogen-bond donors (Lipinski definition) is 1. The molecular weight excluding hydrogens is 509 g/mol. The maximum atomic E-state index is 12.8. The number of fused-ring (bicyclic) bond motifs is 1. The van der Waals surface area contributed by atoms with Crippen LogP contribution >= 0.6 is 11.3 Å². The zero-order valence-corrected chi connectivity index (χ0v) is 20.8. The second-order valence-electron chi connectivity index (χ2n) is 7.73. The number of alkyl halides is 3. The molecule has 0 fully saturated rings. The van der Waals surface area contributed by atoms with Crippen molar-refractivity contribution in [1.29, 1.82) is 0 Å². The van der Waals surface area contributed by atoms with Gasteiger partial charge in [0.2, 0.25) is 15.0 Å². The first kappa shape index (κ1) is 26.8. The minimum absolute atomic E-state index is 0.000514. The number of ether oxygens (including phenoxy) is 1. The molecule has 0 radical (unpaired) electrons. The Kier molecular flexibility index (Phi) is 8.64. The predicted octanol–water partition coefficient (Wildman–Crippen LogP) is 4.99. The van der Waals surface area contributed by atoms with Crippen LogP contribution in [0.5, 0.6) is 0 Å². The number of carbonyl (C=O) groups is 1. The van der Waals surface area contributed by atoms with Crippen molar-refractivity contribution in [1.82, 2.24) is 10.2 Å². The van der Waals surface area contributed by atoms with E-state index in [1.54, 1.807) is 13.0 Å². The summed E-state index contributed by atoms with van der Waals surface area (Å²) in [4.78, 5) is 13.8. The molecule has 0 saturated carbocycles. The van der Waals surface area contributed by atoms with Gasteiger partial charge in [0.25, 0.3) is 5.13 Å². The molecule has 0 aliphatic carbocycles. The van der Waals surface area contributed by atoms with Crippen LogP contribution in [0, 0.1) is 0 Å². The van der Waals surface area contributed by atoms with Gasteiger partial charge in [-0.1, -0.05) is 24.7 Å². The maximum Gasteiger partial charge on any atom is 0.404 e. The van der Waals surface area contributed by atoms with Crippen molar-refractivity contribution in [2.45, 2.75) is 45.7 Å². The number of aromatic nitrogens is 2. The van der Waals surface area contributed by atoms with Crippen molar-refractivity contribution in [2.24, 2.45) is 10.2 Å². The number of anilines is 2. The van der Waals surface area contributed by atoms with Gasteiger partial charge in [0.1, 0.15) is 5.69 Å². The number of nitrogens with one attached hydrogen (secondary N) is 1. The third-order valence-corrected chi connectivity index (χ3v) is 6.95. The van der Waals surface area contributed by atoms with E-state index in [0.29, 0.717) is 6.42 Å². The Morgan fingerprint density at radius 2 is 2.03 bits per heavy atom. The number of carbonyl (C=O) groups excluding carboxylic acids is 1. The highest BCUT2D eigenvalue weighted by atomic mass is 32.2. The lowest BCUT2D eigenvalue weighted by molar-refractivity contribution is -0.106. The van der Waals surface area contributed by atoms with Crippen LogP contribution in [-0.4, -0.2) is 56.2 Å². The van der Waals surface area contributed by atoms with E-state index in [1.807, 2.05) is 11.6 Å². The molecule has 1 aromatic carbocycles. The Morgan fingerprint density at radius 3 is 2.71 bits per heavy atom. The molecule has 1 aromatic heterocycles. The summed E-state index contributed by atoms with van der Waals surface area (Å²) in [6.07, 6.45) is -1.48. The molecule has 0 saturated heterocycles. The Labute approximate surface area is 204 Å². The molecule has 1 N–H and O–H groups in total. The highest BCUT2D eigenvalue weighted by Gasteiger charge is 2.35. The van der Waals surface area contributed by atoms with E-state index in [9.17, 15) is 26.4 Å². The van der Waals surface area contributed by atoms with E-state index in [-0.39, 0.29) is 28.1 Å². The van der Waals surface area contributed by atoms with Crippen molar-refractivity contribution in [3.63, 3.8) is 0 Å². The standard InChI is InChI=1S/C20H25F3N6O4S2/c1-3-5-8-29-9-6-7-13-10-14(24-26-19-27-25-17(34-19)18(30)33-4-2)15(11-16(13)29)28-35(31,32)12-20(21,22)23/h10-11,28H,3-9,12H2,1-2H3. The predicted molar refractivity (Wildman–Crippen MR) is 125 cm³/mol. The van der Waals surface area contributed by atoms with Crippen LogP contribution in [0.4, 0.5) is 35.4 Å². The summed E-state index contributed by atoms with van der Waals surface area (Å²) >= 11 is 0.812. The molecule has 3 rings (SSSR count). The lowest BCUT2D eigenvalue weighted by Gasteiger charge is -2.32. The molecule has 0 spiro atoms. The van der Waals surface area contributed by atoms with Gasteiger partial charge in [-0.2, -0.15) is 13.2 Å². The molecule has 0 unspecified atom stereocenters. The number of hydrogen-bond acceptors (Lipinski definition) is 10. The van der Waals surface area contributed by atoms with Gasteiger partial charge in [-0.15, -0.1) is 20.4 Å². The van der Waals surface area contributed by atoms with E-state index in [0.717, 1.165) is 54.9 Å². The van der Waals surface area contributed by atoms with Crippen molar-refractivity contribution < 1.29 is 31.1 Å². The van der Waals surface area contributed by atoms with Crippen molar-refractivity contribution >= 4 is 49.5 Å². The molecule has 0 amide bonds. The molecule has 0 atom stereocenters. The Hall–Kier alpha value is -2.81. The van der Waals surface area contributed by atoms with Gasteiger partial charge in [0, 0.05) is 18.8 Å². The van der Waals surface area contributed by atoms with Crippen molar-refractivity contribution in [3.05, 3.63) is 22.7 Å². The van der Waals surface area contributed by atoms with Crippen LogP contribution in [0.25, 0.3) is 0 Å². The average Bonchev–Trinajstić information content (AvgIpc) is 3.23. The number of benzene rings is 1. The first-order valence-electron chi connectivity index (χ1n) is 10.9. The molecule has 15 heteroatoms. The number of nitrogens with zero attached hydrogens (tertiary/aromatic N) is 5. The Balaban J connectivity index is 1.97. The molecule has 10 nitrogen and oxygen atoms in total. The summed E-state index contributed by atoms with van der Waals surface area (Å²) < 4.78 is 69.7. The number of unbranched alkanes of at least 4 members (excludes halogenated alkanes) is 1. The summed E-state index contributed by atoms with van der Waals surface area (Å²) in [6.45, 7) is 5.33.